The molecule has 0 unspecified atom stereocenters. The molecule has 12 aromatic rings. The third-order valence-corrected chi connectivity index (χ3v) is 18.8. The second-order valence-electron chi connectivity index (χ2n) is 25.8. The molecule has 8 heterocycles. The number of hydrogen-bond acceptors (Lipinski definition) is 12. The molecule has 13 nitrogen and oxygen atoms in total. The van der Waals surface area contributed by atoms with E-state index in [2.05, 4.69) is 87.4 Å². The van der Waals surface area contributed by atoms with Crippen molar-refractivity contribution in [3.8, 4) is 45.0 Å². The molecule has 3 N–H and O–H groups in total. The van der Waals surface area contributed by atoms with Crippen LogP contribution < -0.4 is 10.4 Å². The van der Waals surface area contributed by atoms with Crippen LogP contribution in [0.2, 0.25) is 39.3 Å². The predicted octanol–water partition coefficient (Wildman–Crippen LogP) is 19.1. The number of fused-ring (bicyclic) bond motifs is 6. The van der Waals surface area contributed by atoms with E-state index in [0.29, 0.717) is 50.2 Å². The minimum Gasteiger partial charge on any atom is -0.486 e. The maximum absolute atomic E-state index is 10.7. The van der Waals surface area contributed by atoms with Crippen LogP contribution >= 0.6 is 0 Å². The number of aliphatic hydroxyl groups is 2. The number of aryl methyl sites for hydroxylation is 2. The van der Waals surface area contributed by atoms with E-state index >= 15 is 0 Å². The number of aromatic nitrogens is 6. The van der Waals surface area contributed by atoms with Gasteiger partial charge in [-0.05, 0) is 144 Å². The normalized spacial score (nSPS) is 14.2. The molecule has 21 heteroatoms. The van der Waals surface area contributed by atoms with E-state index in [1.807, 2.05) is 153 Å². The molecule has 0 atom stereocenters. The Kier molecular flexibility index (Phi) is 25.9. The van der Waals surface area contributed by atoms with Crippen LogP contribution in [0.1, 0.15) is 108 Å². The molecule has 0 spiro atoms. The number of aliphatic hydroxyl groups excluding tert-OH is 2. The van der Waals surface area contributed by atoms with Crippen LogP contribution in [0.25, 0.3) is 89.2 Å². The third-order valence-electron chi connectivity index (χ3n) is 14.2. The maximum Gasteiger partial charge on any atom is 0.522 e. The topological polar surface area (TPSA) is 198 Å². The average molecular weight is 1810 g/mol. The minimum atomic E-state index is -5.84. The van der Waals surface area contributed by atoms with Gasteiger partial charge in [-0.1, -0.05) is 153 Å². The molecule has 102 heavy (non-hydrogen) atoms. The predicted molar refractivity (Wildman–Crippen MR) is 409 cm³/mol. The Bertz CT molecular complexity index is 5060. The van der Waals surface area contributed by atoms with Gasteiger partial charge in [0.1, 0.15) is 5.58 Å². The van der Waals surface area contributed by atoms with Crippen molar-refractivity contribution in [3.63, 3.8) is 0 Å². The van der Waals surface area contributed by atoms with E-state index < -0.39 is 71.0 Å². The van der Waals surface area contributed by atoms with E-state index in [9.17, 15) is 13.2 Å². The molecule has 0 aliphatic heterocycles. The number of alkyl halides is 3. The van der Waals surface area contributed by atoms with Gasteiger partial charge >= 0.3 is 15.6 Å². The van der Waals surface area contributed by atoms with Gasteiger partial charge in [0.2, 0.25) is 11.4 Å². The molecule has 0 amide bonds. The van der Waals surface area contributed by atoms with E-state index in [-0.39, 0.29) is 86.7 Å². The molecule has 0 saturated heterocycles. The quantitative estimate of drug-likeness (QED) is 0.0403. The van der Waals surface area contributed by atoms with Crippen molar-refractivity contribution >= 4 is 80.8 Å². The van der Waals surface area contributed by atoms with Crippen LogP contribution in [-0.4, -0.2) is 89.0 Å². The van der Waals surface area contributed by atoms with Crippen molar-refractivity contribution in [2.24, 2.45) is 23.7 Å². The average Bonchev–Trinajstić information content (AvgIpc) is 1.51. The van der Waals surface area contributed by atoms with Crippen LogP contribution in [0.5, 0.6) is 0 Å². The van der Waals surface area contributed by atoms with Crippen LogP contribution in [-0.2, 0) is 75.8 Å². The van der Waals surface area contributed by atoms with Crippen LogP contribution in [0.3, 0.4) is 0 Å². The number of benzene rings is 4. The standard InChI is InChI=1S/C21H20N2O.C21H19N2O.2C18H24NSi.CHF3O3S.2CH4O.2Ir/c2*1-13(2)11-15-9-10-22-19(12-15)18-6-4-5-16-17-8-7-14(3)23-21(17)24-20(16)18;2*1-14(2)11-16-12-17(15-9-7-6-8-10-15)19-13-18(16)20(3,4)5;2-1(3,4)8(5,6)7;2*1-2;;/h4-10,12-13H,11H2,1-3H3;4-5,7-10,12-13H,11H2,1-3H3;2*6-9,12-14H,11H2,1-5H3;(H,5,6,7);2*2H,1H3;;/q;3*-1;;;;;/i2*3D3,11D2;2*11D2;;;;;. The summed E-state index contributed by atoms with van der Waals surface area (Å²) in [5.74, 6) is -0.566. The number of halogens is 3. The number of furan rings is 2. The Morgan fingerprint density at radius 3 is 1.32 bits per heavy atom. The van der Waals surface area contributed by atoms with Crippen molar-refractivity contribution in [2.45, 2.75) is 139 Å². The molecule has 0 aliphatic rings. The first-order valence-electron chi connectivity index (χ1n) is 39.1. The first-order valence-corrected chi connectivity index (χ1v) is 40.5. The largest absolute Gasteiger partial charge is 0.522 e. The molecule has 548 valence electrons. The summed E-state index contributed by atoms with van der Waals surface area (Å²) < 4.78 is 182. The molecular formula is C81H96F3Ir2N6O7SSi2-3. The summed E-state index contributed by atoms with van der Waals surface area (Å²) >= 11 is 0. The van der Waals surface area contributed by atoms with Gasteiger partial charge in [0.15, 0.2) is 0 Å². The maximum atomic E-state index is 10.7. The summed E-state index contributed by atoms with van der Waals surface area (Å²) in [5, 5.41) is 19.2. The van der Waals surface area contributed by atoms with Gasteiger partial charge in [0.25, 0.3) is 0 Å². The monoisotopic (exact) mass is 1810 g/mol. The number of rotatable bonds is 14. The van der Waals surface area contributed by atoms with Gasteiger partial charge in [-0.2, -0.15) is 21.6 Å². The summed E-state index contributed by atoms with van der Waals surface area (Å²) in [7, 11) is -7.18. The number of nitrogens with zero attached hydrogens (tertiary/aromatic N) is 6. The van der Waals surface area contributed by atoms with Crippen LogP contribution in [0.4, 0.5) is 13.2 Å². The summed E-state index contributed by atoms with van der Waals surface area (Å²) in [6.07, 6.45) is 1.23. The molecule has 2 radical (unpaired) electrons. The Labute approximate surface area is 649 Å². The van der Waals surface area contributed by atoms with Gasteiger partial charge in [0.05, 0.1) is 27.4 Å². The summed E-state index contributed by atoms with van der Waals surface area (Å²) in [6.45, 7) is 23.9. The van der Waals surface area contributed by atoms with E-state index in [1.165, 1.54) is 12.1 Å². The fraction of sp³-hybridized carbons (Fsp3) is 0.333. The molecule has 0 saturated carbocycles. The van der Waals surface area contributed by atoms with E-state index in [1.54, 1.807) is 54.9 Å². The first-order chi connectivity index (χ1) is 52.7. The van der Waals surface area contributed by atoms with Crippen molar-refractivity contribution in [1.29, 1.82) is 0 Å². The summed E-state index contributed by atoms with van der Waals surface area (Å²) in [6, 6.07) is 51.1. The number of hydrogen-bond donors (Lipinski definition) is 3. The van der Waals surface area contributed by atoms with E-state index in [0.717, 1.165) is 74.4 Å². The Morgan fingerprint density at radius 2 is 0.922 bits per heavy atom. The Balaban J connectivity index is 0.000000311. The van der Waals surface area contributed by atoms with Crippen molar-refractivity contribution in [3.05, 3.63) is 216 Å². The molecular weight excluding hydrogens is 1700 g/mol. The zero-order valence-corrected chi connectivity index (χ0v) is 67.4. The molecule has 0 bridgehead atoms. The molecule has 0 aliphatic carbocycles. The number of pyridine rings is 6. The van der Waals surface area contributed by atoms with Crippen LogP contribution in [0, 0.1) is 55.6 Å². The molecule has 12 rings (SSSR count). The van der Waals surface area contributed by atoms with Crippen molar-refractivity contribution in [1.82, 2.24) is 29.9 Å². The SMILES string of the molecule is CO.CO.O=S(=O)(O)C(F)(F)F.[2H]C([2H])([2H])c1ccc2c(n1)oc1c(-c3cc(C([2H])([2H])C(C)C)ccn3)[c-]ccc12.[2H]C([2H])([2H])c1ccc2c(n1)oc1c(-c3cc(C([2H])([2H])C(C)C)ccn3)cccc12.[2H]C([2H])(c1cc(-c2[c-]cccc2)ncc1[Si](C)(C)C)C(C)C.[2H]C([2H])(c1cc(-c2[c-]cccc2)ncc1[Si](C)(C)C)C(C)C.[Ir].[Ir]. The van der Waals surface area contributed by atoms with Gasteiger partial charge in [-0.3, -0.25) is 9.54 Å². The zero-order chi connectivity index (χ0) is 86.0. The van der Waals surface area contributed by atoms with Crippen molar-refractivity contribution in [2.75, 3.05) is 14.2 Å². The Hall–Kier alpha value is -7.27. The summed E-state index contributed by atoms with van der Waals surface area (Å²) in [4.78, 5) is 26.3. The fourth-order valence-electron chi connectivity index (χ4n) is 10.1. The number of para-hydroxylation sites is 1. The van der Waals surface area contributed by atoms with E-state index in [4.69, 9.17) is 51.2 Å². The molecule has 8 aromatic heterocycles. The smallest absolute Gasteiger partial charge is 0.486 e. The minimum absolute atomic E-state index is 0. The fourth-order valence-corrected chi connectivity index (χ4v) is 12.9. The molecule has 0 fully saturated rings. The molecule has 4 aromatic carbocycles. The van der Waals surface area contributed by atoms with Crippen LogP contribution in [0.15, 0.2) is 173 Å². The second kappa shape index (κ2) is 39.6. The van der Waals surface area contributed by atoms with Gasteiger partial charge < -0.3 is 34.0 Å². The zero-order valence-electron chi connectivity index (χ0n) is 73.8. The van der Waals surface area contributed by atoms with Crippen molar-refractivity contribution < 1.29 is 105 Å². The second-order valence-corrected chi connectivity index (χ2v) is 37.3. The first kappa shape index (κ1) is 66.7. The Morgan fingerprint density at radius 1 is 0.500 bits per heavy atom. The van der Waals surface area contributed by atoms with Gasteiger partial charge in [-0.15, -0.1) is 90.0 Å². The van der Waals surface area contributed by atoms with Gasteiger partial charge in [0, 0.05) is 132 Å². The van der Waals surface area contributed by atoms with Gasteiger partial charge in [-0.25, -0.2) is 9.97 Å². The third kappa shape index (κ3) is 24.7. The summed E-state index contributed by atoms with van der Waals surface area (Å²) in [5.41, 5.74) is 4.44.